The molecule has 1 N–H and O–H groups in total. The molecule has 0 spiro atoms. The first kappa shape index (κ1) is 15.5. The molecular weight excluding hydrogens is 264 g/mol. The van der Waals surface area contributed by atoms with E-state index in [-0.39, 0.29) is 24.7 Å². The third kappa shape index (κ3) is 3.96. The molecule has 1 rings (SSSR count). The molecule has 5 nitrogen and oxygen atoms in total. The highest BCUT2D eigenvalue weighted by atomic mass is 32.1. The van der Waals surface area contributed by atoms with E-state index in [0.29, 0.717) is 0 Å². The summed E-state index contributed by atoms with van der Waals surface area (Å²) in [5.41, 5.74) is 0. The Balaban J connectivity index is 2.81. The van der Waals surface area contributed by atoms with Crippen LogP contribution in [-0.2, 0) is 4.79 Å². The second-order valence-corrected chi connectivity index (χ2v) is 5.68. The molecule has 106 valence electrons. The minimum atomic E-state index is -1.00. The summed E-state index contributed by atoms with van der Waals surface area (Å²) < 4.78 is 0. The number of carboxylic acid groups (broad SMARTS) is 1. The van der Waals surface area contributed by atoms with Crippen LogP contribution in [0.3, 0.4) is 0 Å². The first-order valence-electron chi connectivity index (χ1n) is 6.13. The number of thiophene rings is 1. The number of aliphatic carboxylic acids is 1. The van der Waals surface area contributed by atoms with Gasteiger partial charge in [0, 0.05) is 18.0 Å². The van der Waals surface area contributed by atoms with Crippen LogP contribution in [0.2, 0.25) is 0 Å². The summed E-state index contributed by atoms with van der Waals surface area (Å²) in [6, 6.07) is 3.42. The Labute approximate surface area is 117 Å². The predicted molar refractivity (Wildman–Crippen MR) is 75.4 cm³/mol. The maximum Gasteiger partial charge on any atom is 0.323 e. The summed E-state index contributed by atoms with van der Waals surface area (Å²) in [6.07, 6.45) is 0. The van der Waals surface area contributed by atoms with E-state index in [1.807, 2.05) is 38.3 Å². The van der Waals surface area contributed by atoms with E-state index in [0.717, 1.165) is 4.88 Å². The van der Waals surface area contributed by atoms with Crippen LogP contribution in [0.25, 0.3) is 0 Å². The average Bonchev–Trinajstić information content (AvgIpc) is 2.86. The van der Waals surface area contributed by atoms with E-state index in [2.05, 4.69) is 0 Å². The molecule has 0 saturated heterocycles. The summed E-state index contributed by atoms with van der Waals surface area (Å²) in [4.78, 5) is 27.2. The molecule has 0 fully saturated rings. The molecule has 0 aliphatic heterocycles. The van der Waals surface area contributed by atoms with Crippen molar-refractivity contribution in [3.8, 4) is 0 Å². The van der Waals surface area contributed by atoms with Crippen LogP contribution in [0, 0.1) is 0 Å². The van der Waals surface area contributed by atoms with Crippen LogP contribution in [0.4, 0.5) is 4.79 Å². The smallest absolute Gasteiger partial charge is 0.323 e. The zero-order valence-electron chi connectivity index (χ0n) is 11.7. The largest absolute Gasteiger partial charge is 0.480 e. The number of carbonyl (C=O) groups is 2. The zero-order valence-corrected chi connectivity index (χ0v) is 12.5. The van der Waals surface area contributed by atoms with Gasteiger partial charge in [0.2, 0.25) is 0 Å². The van der Waals surface area contributed by atoms with Gasteiger partial charge in [0.25, 0.3) is 0 Å². The van der Waals surface area contributed by atoms with Crippen molar-refractivity contribution in [2.75, 3.05) is 13.6 Å². The topological polar surface area (TPSA) is 60.9 Å². The molecule has 0 saturated carbocycles. The first-order valence-corrected chi connectivity index (χ1v) is 7.01. The minimum absolute atomic E-state index is 0.0671. The third-order valence-corrected chi connectivity index (χ3v) is 4.05. The molecule has 1 heterocycles. The van der Waals surface area contributed by atoms with Crippen LogP contribution >= 0.6 is 11.3 Å². The van der Waals surface area contributed by atoms with Crippen LogP contribution < -0.4 is 0 Å². The lowest BCUT2D eigenvalue weighted by atomic mass is 10.2. The lowest BCUT2D eigenvalue weighted by molar-refractivity contribution is -0.138. The Morgan fingerprint density at radius 2 is 2.00 bits per heavy atom. The maximum atomic E-state index is 12.3. The van der Waals surface area contributed by atoms with E-state index in [1.54, 1.807) is 23.3 Å². The molecule has 19 heavy (non-hydrogen) atoms. The number of hydrogen-bond acceptors (Lipinski definition) is 3. The van der Waals surface area contributed by atoms with Gasteiger partial charge < -0.3 is 14.9 Å². The highest BCUT2D eigenvalue weighted by molar-refractivity contribution is 7.10. The van der Waals surface area contributed by atoms with Crippen LogP contribution in [-0.4, -0.2) is 46.5 Å². The fraction of sp³-hybridized carbons (Fsp3) is 0.538. The Morgan fingerprint density at radius 1 is 1.37 bits per heavy atom. The molecule has 1 aromatic heterocycles. The highest BCUT2D eigenvalue weighted by Gasteiger charge is 2.26. The number of hydrogen-bond donors (Lipinski definition) is 1. The molecule has 0 aromatic carbocycles. The van der Waals surface area contributed by atoms with Crippen LogP contribution in [0.1, 0.15) is 31.7 Å². The Kier molecular flexibility index (Phi) is 5.35. The van der Waals surface area contributed by atoms with Gasteiger partial charge in [-0.3, -0.25) is 4.79 Å². The number of carboxylic acids is 1. The lowest BCUT2D eigenvalue weighted by Crippen LogP contribution is -2.47. The quantitative estimate of drug-likeness (QED) is 0.904. The zero-order chi connectivity index (χ0) is 14.6. The van der Waals surface area contributed by atoms with Crippen LogP contribution in [0.15, 0.2) is 17.5 Å². The standard InChI is InChI=1S/C13H20N2O3S/c1-9(2)15(8-12(16)17)13(18)14(4)10(3)11-6-5-7-19-11/h5-7,9-10H,8H2,1-4H3,(H,16,17). The van der Waals surface area contributed by atoms with Crippen molar-refractivity contribution in [2.24, 2.45) is 0 Å². The van der Waals surface area contributed by atoms with Gasteiger partial charge >= 0.3 is 12.0 Å². The van der Waals surface area contributed by atoms with E-state index in [9.17, 15) is 9.59 Å². The Hall–Kier alpha value is -1.56. The molecule has 0 bridgehead atoms. The van der Waals surface area contributed by atoms with Crippen LogP contribution in [0.5, 0.6) is 0 Å². The normalized spacial score (nSPS) is 12.3. The summed E-state index contributed by atoms with van der Waals surface area (Å²) in [5, 5.41) is 10.8. The van der Waals surface area contributed by atoms with Gasteiger partial charge in [-0.25, -0.2) is 4.79 Å². The summed E-state index contributed by atoms with van der Waals surface area (Å²) in [5.74, 6) is -1.00. The van der Waals surface area contributed by atoms with Gasteiger partial charge in [-0.2, -0.15) is 0 Å². The van der Waals surface area contributed by atoms with Crippen molar-refractivity contribution >= 4 is 23.3 Å². The lowest BCUT2D eigenvalue weighted by Gasteiger charge is -2.33. The Morgan fingerprint density at radius 3 is 2.42 bits per heavy atom. The van der Waals surface area contributed by atoms with E-state index in [1.165, 1.54) is 4.90 Å². The van der Waals surface area contributed by atoms with E-state index in [4.69, 9.17) is 5.11 Å². The summed E-state index contributed by atoms with van der Waals surface area (Å²) in [6.45, 7) is 5.27. The van der Waals surface area contributed by atoms with Gasteiger partial charge in [-0.1, -0.05) is 6.07 Å². The highest BCUT2D eigenvalue weighted by Crippen LogP contribution is 2.24. The summed E-state index contributed by atoms with van der Waals surface area (Å²) >= 11 is 1.58. The van der Waals surface area contributed by atoms with Gasteiger partial charge in [-0.15, -0.1) is 11.3 Å². The molecule has 0 radical (unpaired) electrons. The predicted octanol–water partition coefficient (Wildman–Crippen LogP) is 2.66. The van der Waals surface area contributed by atoms with Crippen molar-refractivity contribution in [1.29, 1.82) is 0 Å². The molecule has 1 unspecified atom stereocenters. The Bertz CT molecular complexity index is 431. The molecule has 0 aliphatic rings. The maximum absolute atomic E-state index is 12.3. The van der Waals surface area contributed by atoms with E-state index < -0.39 is 5.97 Å². The fourth-order valence-corrected chi connectivity index (χ4v) is 2.53. The number of rotatable bonds is 5. The van der Waals surface area contributed by atoms with Gasteiger partial charge in [0.05, 0.1) is 6.04 Å². The number of urea groups is 1. The van der Waals surface area contributed by atoms with Gasteiger partial charge in [0.15, 0.2) is 0 Å². The van der Waals surface area contributed by atoms with Crippen molar-refractivity contribution < 1.29 is 14.7 Å². The molecular formula is C13H20N2O3S. The molecule has 0 aliphatic carbocycles. The molecule has 6 heteroatoms. The number of amides is 2. The molecule has 1 atom stereocenters. The second-order valence-electron chi connectivity index (χ2n) is 4.70. The molecule has 2 amide bonds. The average molecular weight is 284 g/mol. The van der Waals surface area contributed by atoms with Gasteiger partial charge in [0.1, 0.15) is 6.54 Å². The minimum Gasteiger partial charge on any atom is -0.480 e. The van der Waals surface area contributed by atoms with E-state index >= 15 is 0 Å². The first-order chi connectivity index (χ1) is 8.84. The summed E-state index contributed by atoms with van der Waals surface area (Å²) in [7, 11) is 1.70. The van der Waals surface area contributed by atoms with Crippen molar-refractivity contribution in [2.45, 2.75) is 32.9 Å². The second kappa shape index (κ2) is 6.56. The fourth-order valence-electron chi connectivity index (χ4n) is 1.70. The number of carbonyl (C=O) groups excluding carboxylic acids is 1. The van der Waals surface area contributed by atoms with Gasteiger partial charge in [-0.05, 0) is 32.2 Å². The third-order valence-electron chi connectivity index (χ3n) is 3.01. The van der Waals surface area contributed by atoms with Crippen molar-refractivity contribution in [3.63, 3.8) is 0 Å². The van der Waals surface area contributed by atoms with Crippen molar-refractivity contribution in [3.05, 3.63) is 22.4 Å². The molecule has 1 aromatic rings. The monoisotopic (exact) mass is 284 g/mol. The SMILES string of the molecule is CC(c1cccs1)N(C)C(=O)N(CC(=O)O)C(C)C. The van der Waals surface area contributed by atoms with Crippen molar-refractivity contribution in [1.82, 2.24) is 9.80 Å². The number of nitrogens with zero attached hydrogens (tertiary/aromatic N) is 2.